The fourth-order valence-electron chi connectivity index (χ4n) is 2.05. The maximum Gasteiger partial charge on any atom is 0.377 e. The average molecular weight is 382 g/mol. The van der Waals surface area contributed by atoms with Crippen LogP contribution in [0, 0.1) is 0 Å². The molecule has 0 amide bonds. The van der Waals surface area contributed by atoms with Crippen LogP contribution in [0.4, 0.5) is 0 Å². The summed E-state index contributed by atoms with van der Waals surface area (Å²) in [6, 6.07) is 12.0. The van der Waals surface area contributed by atoms with Crippen molar-refractivity contribution >= 4 is 31.1 Å². The number of hydrogen-bond donors (Lipinski definition) is 0. The summed E-state index contributed by atoms with van der Waals surface area (Å²) < 4.78 is 55.1. The van der Waals surface area contributed by atoms with E-state index in [0.29, 0.717) is 9.47 Å². The summed E-state index contributed by atoms with van der Waals surface area (Å²) in [4.78, 5) is 3.55. The lowest BCUT2D eigenvalue weighted by molar-refractivity contribution is 0.478. The van der Waals surface area contributed by atoms with Crippen molar-refractivity contribution < 1.29 is 21.0 Å². The molecule has 3 rings (SSSR count). The summed E-state index contributed by atoms with van der Waals surface area (Å²) >= 11 is 0. The second-order valence-corrected chi connectivity index (χ2v) is 8.64. The van der Waals surface area contributed by atoms with Gasteiger partial charge in [0, 0.05) is 19.5 Å². The van der Waals surface area contributed by atoms with E-state index < -0.39 is 25.5 Å². The van der Waals surface area contributed by atoms with Crippen molar-refractivity contribution in [3.05, 3.63) is 48.8 Å². The van der Waals surface area contributed by atoms with Crippen LogP contribution < -0.4 is 4.18 Å². The molecule has 0 fully saturated rings. The van der Waals surface area contributed by atoms with E-state index in [1.54, 1.807) is 18.2 Å². The van der Waals surface area contributed by atoms with Crippen LogP contribution >= 0.6 is 0 Å². The van der Waals surface area contributed by atoms with Gasteiger partial charge in [0.05, 0.1) is 0 Å². The normalized spacial score (nSPS) is 12.6. The molecule has 3 aromatic rings. The topological polar surface area (TPSA) is 111 Å². The Morgan fingerprint density at radius 1 is 1.00 bits per heavy atom. The highest BCUT2D eigenvalue weighted by Gasteiger charge is 2.27. The maximum atomic E-state index is 12.4. The summed E-state index contributed by atoms with van der Waals surface area (Å²) in [5.74, 6) is 0.102. The second-order valence-electron chi connectivity index (χ2n) is 5.20. The molecule has 132 valence electrons. The Kier molecular flexibility index (Phi) is 4.22. The first-order chi connectivity index (χ1) is 11.7. The van der Waals surface area contributed by atoms with Gasteiger partial charge in [0.25, 0.3) is 0 Å². The quantitative estimate of drug-likeness (QED) is 0.602. The summed E-state index contributed by atoms with van der Waals surface area (Å²) in [5, 5.41) is 4.16. The summed E-state index contributed by atoms with van der Waals surface area (Å²) in [7, 11) is -5.78. The smallest absolute Gasteiger partial charge is 0.376 e. The molecule has 0 spiro atoms. The number of hydrogen-bond acceptors (Lipinski definition) is 7. The van der Waals surface area contributed by atoms with Crippen molar-refractivity contribution in [1.29, 1.82) is 0 Å². The summed E-state index contributed by atoms with van der Waals surface area (Å²) in [6.07, 6.45) is 0.800. The van der Waals surface area contributed by atoms with Crippen LogP contribution in [0.25, 0.3) is 10.8 Å². The van der Waals surface area contributed by atoms with Gasteiger partial charge in [-0.15, -0.1) is 9.19 Å². The van der Waals surface area contributed by atoms with E-state index in [4.69, 9.17) is 4.18 Å². The van der Waals surface area contributed by atoms with Crippen LogP contribution in [0.2, 0.25) is 0 Å². The molecule has 0 aliphatic heterocycles. The molecule has 0 saturated carbocycles. The second kappa shape index (κ2) is 6.10. The average Bonchev–Trinajstić information content (AvgIpc) is 3.06. The van der Waals surface area contributed by atoms with Gasteiger partial charge < -0.3 is 4.18 Å². The van der Waals surface area contributed by atoms with Crippen molar-refractivity contribution in [2.24, 2.45) is 0 Å². The molecule has 0 aliphatic carbocycles. The minimum Gasteiger partial charge on any atom is -0.376 e. The molecule has 0 radical (unpaired) electrons. The van der Waals surface area contributed by atoms with Crippen LogP contribution in [0.3, 0.4) is 0 Å². The van der Waals surface area contributed by atoms with E-state index in [1.807, 2.05) is 18.2 Å². The van der Waals surface area contributed by atoms with E-state index in [9.17, 15) is 16.8 Å². The van der Waals surface area contributed by atoms with Crippen LogP contribution in [-0.2, 0) is 20.3 Å². The summed E-state index contributed by atoms with van der Waals surface area (Å²) in [5.41, 5.74) is 0. The van der Waals surface area contributed by atoms with Crippen molar-refractivity contribution in [1.82, 2.24) is 18.5 Å². The molecule has 25 heavy (non-hydrogen) atoms. The van der Waals surface area contributed by atoms with Gasteiger partial charge in [0.2, 0.25) is 0 Å². The highest BCUT2D eigenvalue weighted by Crippen LogP contribution is 2.27. The van der Waals surface area contributed by atoms with Crippen molar-refractivity contribution in [2.75, 3.05) is 14.1 Å². The molecular formula is C14H14N4O5S2. The molecule has 1 heterocycles. The first-order valence-electron chi connectivity index (χ1n) is 6.99. The molecule has 0 bridgehead atoms. The maximum absolute atomic E-state index is 12.4. The van der Waals surface area contributed by atoms with Crippen molar-refractivity contribution in [3.8, 4) is 5.75 Å². The third-order valence-corrected chi connectivity index (χ3v) is 5.93. The van der Waals surface area contributed by atoms with E-state index in [-0.39, 0.29) is 5.75 Å². The van der Waals surface area contributed by atoms with Gasteiger partial charge in [0.15, 0.2) is 5.75 Å². The number of nitrogens with zero attached hydrogens (tertiary/aromatic N) is 4. The molecular weight excluding hydrogens is 368 g/mol. The molecule has 9 nitrogen and oxygen atoms in total. The zero-order chi connectivity index (χ0) is 18.2. The number of fused-ring (bicyclic) bond motifs is 1. The molecule has 0 N–H and O–H groups in total. The Labute approximate surface area is 144 Å². The fraction of sp³-hybridized carbons (Fsp3) is 0.143. The van der Waals surface area contributed by atoms with E-state index in [2.05, 4.69) is 10.1 Å². The Hall–Kier alpha value is -2.50. The van der Waals surface area contributed by atoms with Crippen molar-refractivity contribution in [2.45, 2.75) is 5.16 Å². The third kappa shape index (κ3) is 3.21. The Morgan fingerprint density at radius 3 is 2.40 bits per heavy atom. The van der Waals surface area contributed by atoms with Gasteiger partial charge >= 0.3 is 25.5 Å². The lowest BCUT2D eigenvalue weighted by atomic mass is 10.1. The molecule has 0 unspecified atom stereocenters. The van der Waals surface area contributed by atoms with Gasteiger partial charge in [0.1, 0.15) is 6.33 Å². The van der Waals surface area contributed by atoms with E-state index >= 15 is 0 Å². The Balaban J connectivity index is 1.99. The molecule has 1 aromatic heterocycles. The molecule has 0 saturated heterocycles. The number of benzene rings is 2. The van der Waals surface area contributed by atoms with Gasteiger partial charge in [-0.05, 0) is 11.5 Å². The zero-order valence-electron chi connectivity index (χ0n) is 13.3. The first-order valence-corrected chi connectivity index (χ1v) is 9.79. The number of aromatic nitrogens is 3. The predicted molar refractivity (Wildman–Crippen MR) is 89.8 cm³/mol. The Bertz CT molecular complexity index is 1130. The van der Waals surface area contributed by atoms with Gasteiger partial charge in [-0.3, -0.25) is 0 Å². The third-order valence-electron chi connectivity index (χ3n) is 3.32. The summed E-state index contributed by atoms with van der Waals surface area (Å²) in [6.45, 7) is 0. The van der Waals surface area contributed by atoms with Gasteiger partial charge in [-0.25, -0.2) is 4.98 Å². The predicted octanol–water partition coefficient (Wildman–Crippen LogP) is 0.854. The van der Waals surface area contributed by atoms with Crippen LogP contribution in [-0.4, -0.2) is 49.4 Å². The lowest BCUT2D eigenvalue weighted by Gasteiger charge is -2.09. The standard InChI is InChI=1S/C14H14N4O5S2/c1-17(2)25(21,22)18-10-15-14(16-18)24(19,20)23-13-9-5-7-11-6-3-4-8-12(11)13/h3-10H,1-2H3. The van der Waals surface area contributed by atoms with Crippen LogP contribution in [0.5, 0.6) is 5.75 Å². The molecule has 0 aliphatic rings. The lowest BCUT2D eigenvalue weighted by Crippen LogP contribution is -2.29. The molecule has 0 atom stereocenters. The largest absolute Gasteiger partial charge is 0.377 e. The molecule has 11 heteroatoms. The minimum atomic E-state index is -4.40. The van der Waals surface area contributed by atoms with Crippen LogP contribution in [0.1, 0.15) is 0 Å². The highest BCUT2D eigenvalue weighted by molar-refractivity contribution is 7.87. The highest BCUT2D eigenvalue weighted by atomic mass is 32.2. The fourth-order valence-corrected chi connectivity index (χ4v) is 3.61. The first kappa shape index (κ1) is 17.3. The van der Waals surface area contributed by atoms with Gasteiger partial charge in [-0.1, -0.05) is 36.4 Å². The van der Waals surface area contributed by atoms with Crippen molar-refractivity contribution in [3.63, 3.8) is 0 Å². The minimum absolute atomic E-state index is 0.102. The Morgan fingerprint density at radius 2 is 1.68 bits per heavy atom. The monoisotopic (exact) mass is 382 g/mol. The zero-order valence-corrected chi connectivity index (χ0v) is 14.9. The molecule has 2 aromatic carbocycles. The van der Waals surface area contributed by atoms with E-state index in [0.717, 1.165) is 16.0 Å². The van der Waals surface area contributed by atoms with E-state index in [1.165, 1.54) is 20.2 Å². The van der Waals surface area contributed by atoms with Gasteiger partial charge in [-0.2, -0.15) is 21.1 Å². The van der Waals surface area contributed by atoms with Crippen LogP contribution in [0.15, 0.2) is 53.9 Å². The SMILES string of the molecule is CN(C)S(=O)(=O)n1cnc(S(=O)(=O)Oc2cccc3ccccc23)n1. The number of rotatable bonds is 5.